The van der Waals surface area contributed by atoms with Gasteiger partial charge < -0.3 is 10.5 Å². The van der Waals surface area contributed by atoms with Crippen molar-refractivity contribution in [2.75, 3.05) is 20.2 Å². The zero-order valence-electron chi connectivity index (χ0n) is 16.6. The Bertz CT molecular complexity index is 1160. The summed E-state index contributed by atoms with van der Waals surface area (Å²) in [6.45, 7) is -0.0927. The van der Waals surface area contributed by atoms with Crippen LogP contribution in [-0.4, -0.2) is 53.2 Å². The zero-order valence-corrected chi connectivity index (χ0v) is 17.4. The average molecular weight is 463 g/mol. The molecule has 1 amide bonds. The normalized spacial score (nSPS) is 16.4. The van der Waals surface area contributed by atoms with E-state index in [0.29, 0.717) is 4.57 Å². The summed E-state index contributed by atoms with van der Waals surface area (Å²) in [5.74, 6) is -2.05. The van der Waals surface area contributed by atoms with E-state index in [-0.39, 0.29) is 42.1 Å². The number of hydrogen-bond donors (Lipinski definition) is 1. The van der Waals surface area contributed by atoms with Crippen LogP contribution in [0.25, 0.3) is 0 Å². The van der Waals surface area contributed by atoms with E-state index in [4.69, 9.17) is 10.5 Å². The van der Waals surface area contributed by atoms with Crippen LogP contribution in [0.15, 0.2) is 27.9 Å². The number of benzene rings is 1. The third kappa shape index (κ3) is 4.17. The number of aromatic nitrogens is 3. The van der Waals surface area contributed by atoms with E-state index in [1.54, 1.807) is 0 Å². The minimum atomic E-state index is -4.78. The lowest BCUT2D eigenvalue weighted by Gasteiger charge is -2.30. The number of carbonyl (C=O) groups excluding carboxylic acids is 1. The molecule has 1 aromatic carbocycles. The number of amides is 1. The molecule has 0 unspecified atom stereocenters. The summed E-state index contributed by atoms with van der Waals surface area (Å²) in [7, 11) is -1.72. The lowest BCUT2D eigenvalue weighted by molar-refractivity contribution is -0.147. The maximum absolute atomic E-state index is 13.0. The number of methoxy groups -OCH3 is 1. The molecule has 0 spiro atoms. The van der Waals surface area contributed by atoms with Crippen molar-refractivity contribution in [3.05, 3.63) is 40.1 Å². The summed E-state index contributed by atoms with van der Waals surface area (Å²) in [6, 6.07) is 3.01. The summed E-state index contributed by atoms with van der Waals surface area (Å²) in [6.07, 6.45) is -4.60. The minimum absolute atomic E-state index is 0.0463. The Morgan fingerprint density at radius 1 is 1.26 bits per heavy atom. The van der Waals surface area contributed by atoms with Crippen molar-refractivity contribution in [2.24, 2.45) is 12.8 Å². The van der Waals surface area contributed by atoms with Gasteiger partial charge in [-0.25, -0.2) is 17.9 Å². The van der Waals surface area contributed by atoms with Crippen LogP contribution in [0.2, 0.25) is 0 Å². The fourth-order valence-corrected chi connectivity index (χ4v) is 4.95. The second kappa shape index (κ2) is 8.00. The number of halogens is 3. The Hall–Kier alpha value is -2.87. The monoisotopic (exact) mass is 463 g/mol. The molecular formula is C17H20F3N5O5S. The summed E-state index contributed by atoms with van der Waals surface area (Å²) >= 11 is 0. The maximum atomic E-state index is 13.0. The zero-order chi connectivity index (χ0) is 23.1. The third-order valence-corrected chi connectivity index (χ3v) is 6.99. The van der Waals surface area contributed by atoms with Crippen LogP contribution in [0.1, 0.15) is 35.1 Å². The van der Waals surface area contributed by atoms with Gasteiger partial charge in [-0.1, -0.05) is 0 Å². The molecule has 3 rings (SSSR count). The first-order valence-corrected chi connectivity index (χ1v) is 10.5. The van der Waals surface area contributed by atoms with Crippen molar-refractivity contribution in [1.82, 2.24) is 18.7 Å². The van der Waals surface area contributed by atoms with E-state index < -0.39 is 39.7 Å². The van der Waals surface area contributed by atoms with Gasteiger partial charge in [-0.3, -0.25) is 9.36 Å². The summed E-state index contributed by atoms with van der Waals surface area (Å²) < 4.78 is 72.2. The SMILES string of the molecule is COc1ccc(S(=O)(=O)N2CCC(n3nc(C(F)(F)F)n(C)c3=O)CC2)cc1C(N)=O. The fourth-order valence-electron chi connectivity index (χ4n) is 3.46. The topological polar surface area (TPSA) is 130 Å². The van der Waals surface area contributed by atoms with Gasteiger partial charge in [0.2, 0.25) is 15.8 Å². The number of alkyl halides is 3. The Kier molecular flexibility index (Phi) is 5.88. The van der Waals surface area contributed by atoms with Gasteiger partial charge in [0.25, 0.3) is 5.91 Å². The van der Waals surface area contributed by atoms with Crippen LogP contribution in [0.4, 0.5) is 13.2 Å². The van der Waals surface area contributed by atoms with Gasteiger partial charge in [-0.05, 0) is 31.0 Å². The predicted molar refractivity (Wildman–Crippen MR) is 101 cm³/mol. The van der Waals surface area contributed by atoms with Gasteiger partial charge in [0.1, 0.15) is 5.75 Å². The number of carbonyl (C=O) groups is 1. The molecule has 1 aliphatic heterocycles. The fraction of sp³-hybridized carbons (Fsp3) is 0.471. The summed E-state index contributed by atoms with van der Waals surface area (Å²) in [5, 5.41) is 3.41. The number of rotatable bonds is 5. The first-order chi connectivity index (χ1) is 14.4. The van der Waals surface area contributed by atoms with Gasteiger partial charge in [0.05, 0.1) is 23.6 Å². The average Bonchev–Trinajstić information content (AvgIpc) is 3.02. The molecule has 2 heterocycles. The molecule has 1 saturated heterocycles. The molecule has 1 aromatic heterocycles. The quantitative estimate of drug-likeness (QED) is 0.696. The molecule has 170 valence electrons. The van der Waals surface area contributed by atoms with Crippen LogP contribution in [-0.2, 0) is 23.2 Å². The molecule has 0 atom stereocenters. The van der Waals surface area contributed by atoms with E-state index in [2.05, 4.69) is 5.10 Å². The van der Waals surface area contributed by atoms with E-state index in [1.807, 2.05) is 0 Å². The lowest BCUT2D eigenvalue weighted by Crippen LogP contribution is -2.41. The van der Waals surface area contributed by atoms with Crippen molar-refractivity contribution >= 4 is 15.9 Å². The van der Waals surface area contributed by atoms with Crippen LogP contribution in [0, 0.1) is 0 Å². The van der Waals surface area contributed by atoms with E-state index in [1.165, 1.54) is 19.2 Å². The van der Waals surface area contributed by atoms with Crippen molar-refractivity contribution in [1.29, 1.82) is 0 Å². The molecular weight excluding hydrogens is 443 g/mol. The van der Waals surface area contributed by atoms with Crippen molar-refractivity contribution in [3.63, 3.8) is 0 Å². The number of nitrogens with zero attached hydrogens (tertiary/aromatic N) is 4. The molecule has 14 heteroatoms. The Morgan fingerprint density at radius 2 is 1.87 bits per heavy atom. The Balaban J connectivity index is 1.82. The van der Waals surface area contributed by atoms with E-state index in [0.717, 1.165) is 22.1 Å². The van der Waals surface area contributed by atoms with Gasteiger partial charge in [0, 0.05) is 20.1 Å². The Labute approximate surface area is 175 Å². The van der Waals surface area contributed by atoms with Crippen molar-refractivity contribution in [3.8, 4) is 5.75 Å². The molecule has 0 aliphatic carbocycles. The van der Waals surface area contributed by atoms with Crippen molar-refractivity contribution < 1.29 is 31.1 Å². The highest BCUT2D eigenvalue weighted by Crippen LogP contribution is 2.30. The third-order valence-electron chi connectivity index (χ3n) is 5.10. The van der Waals surface area contributed by atoms with Crippen LogP contribution in [0.5, 0.6) is 5.75 Å². The van der Waals surface area contributed by atoms with Crippen LogP contribution in [0.3, 0.4) is 0 Å². The number of sulfonamides is 1. The number of hydrogen-bond acceptors (Lipinski definition) is 6. The second-order valence-electron chi connectivity index (χ2n) is 6.97. The molecule has 10 nitrogen and oxygen atoms in total. The van der Waals surface area contributed by atoms with Crippen molar-refractivity contribution in [2.45, 2.75) is 30.0 Å². The van der Waals surface area contributed by atoms with Gasteiger partial charge in [-0.15, -0.1) is 5.10 Å². The predicted octanol–water partition coefficient (Wildman–Crippen LogP) is 0.734. The largest absolute Gasteiger partial charge is 0.496 e. The van der Waals surface area contributed by atoms with Crippen LogP contribution >= 0.6 is 0 Å². The standard InChI is InChI=1S/C17H20F3N5O5S/c1-23-15(17(18,19)20)22-25(16(23)27)10-5-7-24(8-6-10)31(28,29)11-3-4-13(30-2)12(9-11)14(21)26/h3-4,9-10H,5-8H2,1-2H3,(H2,21,26). The number of piperidine rings is 1. The molecule has 1 fully saturated rings. The number of primary amides is 1. The summed E-state index contributed by atoms with van der Waals surface area (Å²) in [4.78, 5) is 23.6. The molecule has 31 heavy (non-hydrogen) atoms. The molecule has 0 bridgehead atoms. The smallest absolute Gasteiger partial charge is 0.451 e. The van der Waals surface area contributed by atoms with Crippen LogP contribution < -0.4 is 16.2 Å². The highest BCUT2D eigenvalue weighted by atomic mass is 32.2. The summed E-state index contributed by atoms with van der Waals surface area (Å²) in [5.41, 5.74) is 4.25. The molecule has 2 aromatic rings. The Morgan fingerprint density at radius 3 is 2.35 bits per heavy atom. The molecule has 0 saturated carbocycles. The van der Waals surface area contributed by atoms with Gasteiger partial charge in [-0.2, -0.15) is 17.5 Å². The van der Waals surface area contributed by atoms with Gasteiger partial charge >= 0.3 is 11.9 Å². The highest BCUT2D eigenvalue weighted by molar-refractivity contribution is 7.89. The lowest BCUT2D eigenvalue weighted by atomic mass is 10.1. The number of ether oxygens (including phenoxy) is 1. The van der Waals surface area contributed by atoms with E-state index >= 15 is 0 Å². The first-order valence-electron chi connectivity index (χ1n) is 9.08. The molecule has 2 N–H and O–H groups in total. The maximum Gasteiger partial charge on any atom is 0.451 e. The van der Waals surface area contributed by atoms with E-state index in [9.17, 15) is 31.2 Å². The first kappa shape index (κ1) is 22.8. The second-order valence-corrected chi connectivity index (χ2v) is 8.91. The minimum Gasteiger partial charge on any atom is -0.496 e. The van der Waals surface area contributed by atoms with Gasteiger partial charge in [0.15, 0.2) is 0 Å². The highest BCUT2D eigenvalue weighted by Gasteiger charge is 2.39. The number of nitrogens with two attached hydrogens (primary N) is 1. The molecule has 1 aliphatic rings. The molecule has 0 radical (unpaired) electrons.